The van der Waals surface area contributed by atoms with Crippen LogP contribution >= 0.6 is 11.3 Å². The number of carbonyl (C=O) groups is 1. The van der Waals surface area contributed by atoms with Crippen LogP contribution in [0.4, 0.5) is 9.18 Å². The highest BCUT2D eigenvalue weighted by Crippen LogP contribution is 2.37. The van der Waals surface area contributed by atoms with Crippen molar-refractivity contribution in [3.8, 4) is 0 Å². The van der Waals surface area contributed by atoms with Crippen LogP contribution in [0.3, 0.4) is 0 Å². The molecule has 34 heavy (non-hydrogen) atoms. The first-order valence-electron chi connectivity index (χ1n) is 11.9. The van der Waals surface area contributed by atoms with Gasteiger partial charge in [-0.1, -0.05) is 0 Å². The average molecular weight is 491 g/mol. The molecular weight excluding hydrogens is 456 g/mol. The Morgan fingerprint density at radius 1 is 1.24 bits per heavy atom. The number of hydrogen-bond acceptors (Lipinski definition) is 7. The number of benzene rings is 1. The maximum Gasteiger partial charge on any atom is 0.494 e. The first kappa shape index (κ1) is 25.4. The number of halogens is 1. The second kappa shape index (κ2) is 9.04. The maximum absolute atomic E-state index is 14.9. The molecule has 2 aliphatic heterocycles. The van der Waals surface area contributed by atoms with Crippen LogP contribution in [0.5, 0.6) is 0 Å². The van der Waals surface area contributed by atoms with Crippen molar-refractivity contribution in [2.75, 3.05) is 13.1 Å². The number of fused-ring (bicyclic) bond motifs is 1. The Bertz CT molecular complexity index is 1040. The van der Waals surface area contributed by atoms with Crippen molar-refractivity contribution in [3.63, 3.8) is 0 Å². The number of rotatable bonds is 4. The van der Waals surface area contributed by atoms with E-state index in [1.54, 1.807) is 4.90 Å². The van der Waals surface area contributed by atoms with Gasteiger partial charge in [-0.2, -0.15) is 0 Å². The summed E-state index contributed by atoms with van der Waals surface area (Å²) in [5, 5.41) is 4.34. The van der Waals surface area contributed by atoms with Crippen LogP contribution in [0.1, 0.15) is 66.3 Å². The van der Waals surface area contributed by atoms with Gasteiger partial charge < -0.3 is 24.3 Å². The van der Waals surface area contributed by atoms with Crippen molar-refractivity contribution < 1.29 is 23.2 Å². The van der Waals surface area contributed by atoms with Crippen molar-refractivity contribution in [2.24, 2.45) is 0 Å². The van der Waals surface area contributed by atoms with Crippen molar-refractivity contribution in [1.82, 2.24) is 15.2 Å². The normalized spacial score (nSPS) is 20.8. The zero-order valence-corrected chi connectivity index (χ0v) is 22.0. The zero-order chi connectivity index (χ0) is 24.9. The molecule has 0 radical (unpaired) electrons. The molecular formula is C24H35BFN3O4S. The van der Waals surface area contributed by atoms with Crippen LogP contribution in [0.15, 0.2) is 12.1 Å². The van der Waals surface area contributed by atoms with E-state index in [4.69, 9.17) is 14.0 Å². The Morgan fingerprint density at radius 3 is 2.44 bits per heavy atom. The Kier molecular flexibility index (Phi) is 6.74. The lowest BCUT2D eigenvalue weighted by Crippen LogP contribution is -2.46. The number of amides is 1. The molecule has 0 unspecified atom stereocenters. The van der Waals surface area contributed by atoms with E-state index < -0.39 is 23.9 Å². The minimum Gasteiger partial charge on any atom is -0.444 e. The molecule has 10 heteroatoms. The molecule has 1 amide bonds. The standard InChI is InChI=1S/C24H35BFN3O4S/c1-22(2,3)31-21(30)29-10-8-16(9-11-29)27-14-19-28-20-17(26)12-15(13-18(20)34-19)25-32-23(4,5)24(6,7)33-25/h12-13,16,27H,8-11,14H2,1-7H3. The first-order chi connectivity index (χ1) is 15.7. The van der Waals surface area contributed by atoms with Gasteiger partial charge in [-0.25, -0.2) is 14.2 Å². The average Bonchev–Trinajstić information content (AvgIpc) is 3.23. The van der Waals surface area contributed by atoms with Gasteiger partial charge in [-0.3, -0.25) is 0 Å². The number of likely N-dealkylation sites (tertiary alicyclic amines) is 1. The van der Waals surface area contributed by atoms with Gasteiger partial charge in [0.15, 0.2) is 0 Å². The van der Waals surface area contributed by atoms with E-state index in [-0.39, 0.29) is 18.0 Å². The maximum atomic E-state index is 14.9. The Hall–Kier alpha value is -1.75. The van der Waals surface area contributed by atoms with Crippen LogP contribution < -0.4 is 10.8 Å². The molecule has 2 fully saturated rings. The van der Waals surface area contributed by atoms with E-state index >= 15 is 0 Å². The summed E-state index contributed by atoms with van der Waals surface area (Å²) < 4.78 is 33.3. The molecule has 4 rings (SSSR count). The topological polar surface area (TPSA) is 72.9 Å². The Morgan fingerprint density at radius 2 is 1.85 bits per heavy atom. The fourth-order valence-electron chi connectivity index (χ4n) is 4.07. The number of nitrogens with zero attached hydrogens (tertiary/aromatic N) is 2. The minimum atomic E-state index is -0.609. The molecule has 0 saturated carbocycles. The van der Waals surface area contributed by atoms with Gasteiger partial charge in [-0.05, 0) is 78.9 Å². The molecule has 0 aliphatic carbocycles. The summed E-state index contributed by atoms with van der Waals surface area (Å²) >= 11 is 1.48. The Balaban J connectivity index is 1.36. The number of ether oxygens (including phenoxy) is 1. The fraction of sp³-hybridized carbons (Fsp3) is 0.667. The van der Waals surface area contributed by atoms with Gasteiger partial charge in [0, 0.05) is 25.7 Å². The second-order valence-electron chi connectivity index (χ2n) is 11.2. The number of carbonyl (C=O) groups excluding carboxylic acids is 1. The molecule has 2 saturated heterocycles. The summed E-state index contributed by atoms with van der Waals surface area (Å²) in [6.45, 7) is 15.4. The highest BCUT2D eigenvalue weighted by Gasteiger charge is 2.51. The SMILES string of the molecule is CC(C)(C)OC(=O)N1CCC(NCc2nc3c(F)cc(B4OC(C)(C)C(C)(C)O4)cc3s2)CC1. The van der Waals surface area contributed by atoms with Crippen LogP contribution in [0, 0.1) is 5.82 Å². The molecule has 0 bridgehead atoms. The fourth-order valence-corrected chi connectivity index (χ4v) is 5.05. The van der Waals surface area contributed by atoms with E-state index in [1.807, 2.05) is 54.5 Å². The number of thiazole rings is 1. The number of nitrogens with one attached hydrogen (secondary N) is 1. The summed E-state index contributed by atoms with van der Waals surface area (Å²) in [6, 6.07) is 3.66. The second-order valence-corrected chi connectivity index (χ2v) is 12.3. The van der Waals surface area contributed by atoms with Crippen LogP contribution in [-0.2, 0) is 20.6 Å². The predicted molar refractivity (Wildman–Crippen MR) is 133 cm³/mol. The number of aromatic nitrogens is 1. The highest BCUT2D eigenvalue weighted by atomic mass is 32.1. The molecule has 1 aromatic heterocycles. The quantitative estimate of drug-likeness (QED) is 0.646. The number of piperidine rings is 1. The molecule has 2 aliphatic rings. The van der Waals surface area contributed by atoms with Gasteiger partial charge in [0.05, 0.1) is 15.9 Å². The van der Waals surface area contributed by atoms with Gasteiger partial charge in [0.1, 0.15) is 21.9 Å². The van der Waals surface area contributed by atoms with E-state index in [9.17, 15) is 9.18 Å². The molecule has 0 atom stereocenters. The van der Waals surface area contributed by atoms with Gasteiger partial charge >= 0.3 is 13.2 Å². The lowest BCUT2D eigenvalue weighted by Gasteiger charge is -2.33. The molecule has 7 nitrogen and oxygen atoms in total. The third-order valence-corrected chi connectivity index (χ3v) is 7.73. The van der Waals surface area contributed by atoms with E-state index in [1.165, 1.54) is 17.4 Å². The zero-order valence-electron chi connectivity index (χ0n) is 21.2. The summed E-state index contributed by atoms with van der Waals surface area (Å²) in [4.78, 5) is 18.5. The summed E-state index contributed by atoms with van der Waals surface area (Å²) in [5.74, 6) is -0.365. The smallest absolute Gasteiger partial charge is 0.444 e. The lowest BCUT2D eigenvalue weighted by atomic mass is 9.79. The van der Waals surface area contributed by atoms with Crippen molar-refractivity contribution >= 4 is 40.2 Å². The molecule has 2 aromatic rings. The third kappa shape index (κ3) is 5.40. The monoisotopic (exact) mass is 491 g/mol. The number of hydrogen-bond donors (Lipinski definition) is 1. The molecule has 186 valence electrons. The van der Waals surface area contributed by atoms with E-state index in [0.29, 0.717) is 30.6 Å². The van der Waals surface area contributed by atoms with Crippen molar-refractivity contribution in [3.05, 3.63) is 23.0 Å². The molecule has 1 N–H and O–H groups in total. The Labute approximate surface area is 205 Å². The third-order valence-electron chi connectivity index (χ3n) is 6.73. The van der Waals surface area contributed by atoms with Crippen molar-refractivity contribution in [2.45, 2.75) is 90.7 Å². The van der Waals surface area contributed by atoms with Gasteiger partial charge in [0.25, 0.3) is 0 Å². The summed E-state index contributed by atoms with van der Waals surface area (Å²) in [5.41, 5.74) is -0.407. The lowest BCUT2D eigenvalue weighted by molar-refractivity contribution is 0.00578. The van der Waals surface area contributed by atoms with E-state index in [0.717, 1.165) is 22.5 Å². The first-order valence-corrected chi connectivity index (χ1v) is 12.7. The van der Waals surface area contributed by atoms with E-state index in [2.05, 4.69) is 10.3 Å². The largest absolute Gasteiger partial charge is 0.494 e. The highest BCUT2D eigenvalue weighted by molar-refractivity contribution is 7.18. The summed E-state index contributed by atoms with van der Waals surface area (Å²) in [6.07, 6.45) is 1.42. The predicted octanol–water partition coefficient (Wildman–Crippen LogP) is 4.22. The van der Waals surface area contributed by atoms with Gasteiger partial charge in [-0.15, -0.1) is 11.3 Å². The van der Waals surface area contributed by atoms with Crippen LogP contribution in [0.25, 0.3) is 10.2 Å². The minimum absolute atomic E-state index is 0.259. The van der Waals surface area contributed by atoms with Gasteiger partial charge in [0.2, 0.25) is 0 Å². The van der Waals surface area contributed by atoms with Crippen LogP contribution in [-0.4, -0.2) is 59.0 Å². The van der Waals surface area contributed by atoms with Crippen LogP contribution in [0.2, 0.25) is 0 Å². The summed E-state index contributed by atoms with van der Waals surface area (Å²) in [7, 11) is -0.609. The molecule has 1 aromatic carbocycles. The van der Waals surface area contributed by atoms with Crippen molar-refractivity contribution in [1.29, 1.82) is 0 Å². The molecule has 3 heterocycles. The molecule has 0 spiro atoms.